The normalized spacial score (nSPS) is 22.5. The minimum atomic E-state index is -0.329. The van der Waals surface area contributed by atoms with Crippen molar-refractivity contribution in [2.45, 2.75) is 38.3 Å². The van der Waals surface area contributed by atoms with Crippen molar-refractivity contribution >= 4 is 39.1 Å². The zero-order chi connectivity index (χ0) is 23.1. The van der Waals surface area contributed by atoms with Crippen LogP contribution in [0.5, 0.6) is 0 Å². The number of likely N-dealkylation sites (N-methyl/N-ethyl adjacent to an activating group) is 1. The van der Waals surface area contributed by atoms with Crippen LogP contribution in [0.25, 0.3) is 10.3 Å². The third kappa shape index (κ3) is 4.13. The van der Waals surface area contributed by atoms with Crippen molar-refractivity contribution in [1.82, 2.24) is 25.6 Å². The first kappa shape index (κ1) is 22.0. The van der Waals surface area contributed by atoms with E-state index in [1.54, 1.807) is 6.20 Å². The quantitative estimate of drug-likeness (QED) is 0.526. The van der Waals surface area contributed by atoms with Gasteiger partial charge in [-0.25, -0.2) is 15.0 Å². The highest BCUT2D eigenvalue weighted by atomic mass is 32.1. The first-order chi connectivity index (χ1) is 16.0. The summed E-state index contributed by atoms with van der Waals surface area (Å²) in [5.41, 5.74) is 10.2. The summed E-state index contributed by atoms with van der Waals surface area (Å²) in [7, 11) is 1.88. The van der Waals surface area contributed by atoms with Gasteiger partial charge in [0.15, 0.2) is 0 Å². The highest BCUT2D eigenvalue weighted by molar-refractivity contribution is 7.21. The highest BCUT2D eigenvalue weighted by Crippen LogP contribution is 2.32. The molecule has 2 aliphatic rings. The largest absolute Gasteiger partial charge is 0.396 e. The smallest absolute Gasteiger partial charge is 0.263 e. The van der Waals surface area contributed by atoms with Gasteiger partial charge in [-0.2, -0.15) is 0 Å². The maximum Gasteiger partial charge on any atom is 0.263 e. The van der Waals surface area contributed by atoms with Crippen LogP contribution < -0.4 is 21.3 Å². The fourth-order valence-corrected chi connectivity index (χ4v) is 5.83. The highest BCUT2D eigenvalue weighted by Gasteiger charge is 2.33. The number of pyridine rings is 1. The number of nitrogens with zero attached hydrogens (tertiary/aromatic N) is 4. The van der Waals surface area contributed by atoms with E-state index in [0.29, 0.717) is 27.5 Å². The monoisotopic (exact) mass is 469 g/mol. The first-order valence-electron chi connectivity index (χ1n) is 11.3. The molecule has 1 aliphatic heterocycles. The number of aromatic nitrogens is 3. The Labute approximate surface area is 195 Å². The van der Waals surface area contributed by atoms with E-state index in [9.17, 15) is 9.18 Å². The molecule has 0 bridgehead atoms. The second-order valence-electron chi connectivity index (χ2n) is 8.91. The number of nitrogens with two attached hydrogens (primary N) is 1. The Hall–Kier alpha value is -2.85. The van der Waals surface area contributed by atoms with Crippen molar-refractivity contribution in [3.8, 4) is 0 Å². The maximum atomic E-state index is 13.3. The zero-order valence-corrected chi connectivity index (χ0v) is 19.6. The van der Waals surface area contributed by atoms with Crippen LogP contribution in [-0.2, 0) is 12.8 Å². The second-order valence-corrected chi connectivity index (χ2v) is 9.91. The van der Waals surface area contributed by atoms with Gasteiger partial charge in [0, 0.05) is 43.0 Å². The number of rotatable bonds is 5. The molecule has 33 heavy (non-hydrogen) atoms. The molecule has 3 aromatic rings. The Balaban J connectivity index is 1.27. The van der Waals surface area contributed by atoms with Crippen molar-refractivity contribution in [1.29, 1.82) is 0 Å². The molecule has 3 aromatic heterocycles. The zero-order valence-electron chi connectivity index (χ0n) is 18.8. The number of hydrogen-bond donors (Lipinski definition) is 3. The van der Waals surface area contributed by atoms with Crippen LogP contribution >= 0.6 is 11.3 Å². The lowest BCUT2D eigenvalue weighted by Gasteiger charge is -2.26. The van der Waals surface area contributed by atoms with E-state index in [1.807, 2.05) is 20.0 Å². The molecule has 4 N–H and O–H groups in total. The first-order valence-corrected chi connectivity index (χ1v) is 12.1. The molecule has 1 fully saturated rings. The Morgan fingerprint density at radius 2 is 2.18 bits per heavy atom. The summed E-state index contributed by atoms with van der Waals surface area (Å²) < 4.78 is 13.3. The predicted octanol–water partition coefficient (Wildman–Crippen LogP) is 2.26. The van der Waals surface area contributed by atoms with Gasteiger partial charge in [0.25, 0.3) is 5.91 Å². The number of anilines is 2. The van der Waals surface area contributed by atoms with Crippen LogP contribution in [0.3, 0.4) is 0 Å². The van der Waals surface area contributed by atoms with Gasteiger partial charge in [0.1, 0.15) is 21.0 Å². The van der Waals surface area contributed by atoms with E-state index >= 15 is 0 Å². The van der Waals surface area contributed by atoms with E-state index in [4.69, 9.17) is 10.7 Å². The van der Waals surface area contributed by atoms with Gasteiger partial charge in [-0.3, -0.25) is 9.18 Å². The summed E-state index contributed by atoms with van der Waals surface area (Å²) in [5, 5.41) is 6.35. The van der Waals surface area contributed by atoms with Crippen LogP contribution in [-0.4, -0.2) is 59.8 Å². The minimum Gasteiger partial charge on any atom is -0.396 e. The Bertz CT molecular complexity index is 1190. The number of alkyl halides is 1. The van der Waals surface area contributed by atoms with Crippen LogP contribution in [0.1, 0.15) is 33.0 Å². The van der Waals surface area contributed by atoms with E-state index in [-0.39, 0.29) is 30.6 Å². The van der Waals surface area contributed by atoms with E-state index in [2.05, 4.69) is 31.6 Å². The predicted molar refractivity (Wildman–Crippen MR) is 129 cm³/mol. The average molecular weight is 470 g/mol. The van der Waals surface area contributed by atoms with Gasteiger partial charge in [-0.15, -0.1) is 11.3 Å². The standard InChI is InChI=1S/C23H28FN7OS/c1-12-9-27-20-19(25)21(33-23(20)28-12)22(32)29-15-4-5-16-13(7-15)3-6-18(30-16)31-10-14(8-24)17(11-31)26-2/h3,6,9,14-15,17,26H,4-5,7-8,10-11,25H2,1-2H3,(H,29,32). The lowest BCUT2D eigenvalue weighted by Crippen LogP contribution is -2.39. The number of thiophene rings is 1. The van der Waals surface area contributed by atoms with Crippen molar-refractivity contribution in [2.75, 3.05) is 37.4 Å². The SMILES string of the molecule is CNC1CN(c2ccc3c(n2)CCC(NC(=O)c2sc4nc(C)cnc4c2N)C3)CC1CF. The van der Waals surface area contributed by atoms with Gasteiger partial charge in [0.05, 0.1) is 18.1 Å². The third-order valence-corrected chi connectivity index (χ3v) is 7.77. The number of halogens is 1. The molecule has 1 amide bonds. The molecule has 3 atom stereocenters. The number of nitrogens with one attached hydrogen (secondary N) is 2. The van der Waals surface area contributed by atoms with Gasteiger partial charge >= 0.3 is 0 Å². The number of carbonyl (C=O) groups is 1. The maximum absolute atomic E-state index is 13.3. The summed E-state index contributed by atoms with van der Waals surface area (Å²) >= 11 is 1.28. The molecular weight excluding hydrogens is 441 g/mol. The van der Waals surface area contributed by atoms with E-state index in [0.717, 1.165) is 48.6 Å². The molecule has 5 rings (SSSR count). The number of nitrogen functional groups attached to an aromatic ring is 1. The summed E-state index contributed by atoms with van der Waals surface area (Å²) in [5.74, 6) is 0.712. The molecule has 1 saturated heterocycles. The van der Waals surface area contributed by atoms with Crippen molar-refractivity contribution in [3.05, 3.63) is 40.2 Å². The lowest BCUT2D eigenvalue weighted by atomic mass is 9.91. The molecular formula is C23H28FN7OS. The number of carbonyl (C=O) groups excluding carboxylic acids is 1. The summed E-state index contributed by atoms with van der Waals surface area (Å²) in [6, 6.07) is 4.27. The molecule has 10 heteroatoms. The number of amides is 1. The number of hydrogen-bond acceptors (Lipinski definition) is 8. The average Bonchev–Trinajstić information content (AvgIpc) is 3.39. The van der Waals surface area contributed by atoms with Gasteiger partial charge in [0.2, 0.25) is 0 Å². The van der Waals surface area contributed by atoms with Gasteiger partial charge in [-0.05, 0) is 44.9 Å². The van der Waals surface area contributed by atoms with Crippen molar-refractivity contribution in [3.63, 3.8) is 0 Å². The molecule has 0 spiro atoms. The number of fused-ring (bicyclic) bond motifs is 2. The topological polar surface area (TPSA) is 109 Å². The molecule has 0 aromatic carbocycles. The summed E-state index contributed by atoms with van der Waals surface area (Å²) in [4.78, 5) is 29.9. The third-order valence-electron chi connectivity index (χ3n) is 6.68. The van der Waals surface area contributed by atoms with Gasteiger partial charge < -0.3 is 21.3 Å². The van der Waals surface area contributed by atoms with Crippen LogP contribution in [0.4, 0.5) is 15.9 Å². The molecule has 4 heterocycles. The fourth-order valence-electron chi connectivity index (χ4n) is 4.83. The molecule has 3 unspecified atom stereocenters. The lowest BCUT2D eigenvalue weighted by molar-refractivity contribution is 0.0938. The number of aryl methyl sites for hydroxylation is 2. The molecule has 0 saturated carbocycles. The van der Waals surface area contributed by atoms with Crippen LogP contribution in [0, 0.1) is 12.8 Å². The van der Waals surface area contributed by atoms with E-state index in [1.165, 1.54) is 11.3 Å². The molecule has 174 valence electrons. The Morgan fingerprint density at radius 1 is 1.33 bits per heavy atom. The summed E-state index contributed by atoms with van der Waals surface area (Å²) in [6.07, 6.45) is 3.97. The molecule has 1 aliphatic carbocycles. The van der Waals surface area contributed by atoms with Gasteiger partial charge in [-0.1, -0.05) is 6.07 Å². The molecule has 0 radical (unpaired) electrons. The Kier molecular flexibility index (Phi) is 5.88. The molecule has 8 nitrogen and oxygen atoms in total. The minimum absolute atomic E-state index is 0.0110. The second kappa shape index (κ2) is 8.83. The fraction of sp³-hybridized carbons (Fsp3) is 0.478. The van der Waals surface area contributed by atoms with Crippen molar-refractivity contribution in [2.24, 2.45) is 5.92 Å². The van der Waals surface area contributed by atoms with Crippen LogP contribution in [0.2, 0.25) is 0 Å². The van der Waals surface area contributed by atoms with Crippen molar-refractivity contribution < 1.29 is 9.18 Å². The summed E-state index contributed by atoms with van der Waals surface area (Å²) in [6.45, 7) is 2.97. The Morgan fingerprint density at radius 3 is 2.94 bits per heavy atom. The van der Waals surface area contributed by atoms with Crippen LogP contribution in [0.15, 0.2) is 18.3 Å². The van der Waals surface area contributed by atoms with E-state index < -0.39 is 0 Å².